The maximum atomic E-state index is 13.6. The van der Waals surface area contributed by atoms with E-state index < -0.39 is 51.2 Å². The lowest BCUT2D eigenvalue weighted by molar-refractivity contribution is -0.363. The minimum Gasteiger partial charge on any atom is -0.369 e. The van der Waals surface area contributed by atoms with Crippen LogP contribution in [0.2, 0.25) is 0 Å². The van der Waals surface area contributed by atoms with Crippen molar-refractivity contribution < 1.29 is 55.3 Å². The Morgan fingerprint density at radius 3 is 1.49 bits per heavy atom. The van der Waals surface area contributed by atoms with Gasteiger partial charge in [-0.05, 0) is 61.1 Å². The van der Waals surface area contributed by atoms with Crippen molar-refractivity contribution in [1.82, 2.24) is 4.72 Å². The largest absolute Gasteiger partial charge is 0.369 e. The van der Waals surface area contributed by atoms with Gasteiger partial charge in [-0.1, -0.05) is 172 Å². The smallest absolute Gasteiger partial charge is 0.240 e. The zero-order valence-corrected chi connectivity index (χ0v) is 43.9. The summed E-state index contributed by atoms with van der Waals surface area (Å²) in [5, 5.41) is 0. The molecule has 0 amide bonds. The van der Waals surface area contributed by atoms with E-state index in [0.717, 1.165) is 40.0 Å². The number of hydrogen-bond acceptors (Lipinski definition) is 12. The molecule has 75 heavy (non-hydrogen) atoms. The first-order valence-electron chi connectivity index (χ1n) is 26.1. The molecular weight excluding hydrogens is 991 g/mol. The Balaban J connectivity index is 0.000000176. The van der Waals surface area contributed by atoms with Crippen LogP contribution in [-0.2, 0) is 76.7 Å². The third-order valence-corrected chi connectivity index (χ3v) is 17.7. The van der Waals surface area contributed by atoms with Crippen molar-refractivity contribution in [3.63, 3.8) is 0 Å². The molecule has 0 aromatic heterocycles. The third-order valence-electron chi connectivity index (χ3n) is 14.6. The molecule has 1 N–H and O–H groups in total. The zero-order valence-electron chi connectivity index (χ0n) is 42.3. The Hall–Kier alpha value is -4.98. The van der Waals surface area contributed by atoms with Gasteiger partial charge in [0.15, 0.2) is 24.3 Å². The molecule has 13 nitrogen and oxygen atoms in total. The van der Waals surface area contributed by atoms with E-state index in [1.54, 1.807) is 24.3 Å². The van der Waals surface area contributed by atoms with Crippen LogP contribution < -0.4 is 4.72 Å². The highest BCUT2D eigenvalue weighted by Gasteiger charge is 2.52. The lowest BCUT2D eigenvalue weighted by Crippen LogP contribution is -2.60. The van der Waals surface area contributed by atoms with Crippen LogP contribution in [0.25, 0.3) is 0 Å². The maximum absolute atomic E-state index is 13.6. The molecule has 1 saturated carbocycles. The van der Waals surface area contributed by atoms with Crippen molar-refractivity contribution in [3.05, 3.63) is 204 Å². The Morgan fingerprint density at radius 2 is 0.973 bits per heavy atom. The molecule has 0 bridgehead atoms. The molecule has 11 rings (SSSR count). The van der Waals surface area contributed by atoms with Crippen LogP contribution in [0, 0.1) is 11.8 Å². The zero-order chi connectivity index (χ0) is 51.6. The van der Waals surface area contributed by atoms with Gasteiger partial charge in [-0.25, -0.2) is 13.1 Å². The molecule has 4 aliphatic heterocycles. The van der Waals surface area contributed by atoms with Crippen LogP contribution in [0.3, 0.4) is 0 Å². The highest BCUT2D eigenvalue weighted by molar-refractivity contribution is 7.89. The van der Waals surface area contributed by atoms with Gasteiger partial charge in [0, 0.05) is 33.9 Å². The van der Waals surface area contributed by atoms with Crippen molar-refractivity contribution in [2.24, 2.45) is 11.8 Å². The SMILES string of the molecule is C[C@@H]1C(OCc2ccccc2)[C@@H](S(=O)c2ccccc2)OC2COC(c3ccccc3)O[C@H]21.C[C@@H]1C(OCc2ccccc2)[C@H](OC2CCC(NS(=O)(=O)c3ccccc3)CC2)OC2COC(c3ccccc3)O[C@H]21. The molecule has 6 aromatic carbocycles. The first-order chi connectivity index (χ1) is 36.7. The van der Waals surface area contributed by atoms with E-state index in [1.165, 1.54) is 0 Å². The molecule has 0 radical (unpaired) electrons. The van der Waals surface area contributed by atoms with E-state index in [4.69, 9.17) is 42.6 Å². The van der Waals surface area contributed by atoms with Crippen LogP contribution in [-0.4, -0.2) is 86.3 Å². The van der Waals surface area contributed by atoms with Gasteiger partial charge in [0.2, 0.25) is 10.0 Å². The summed E-state index contributed by atoms with van der Waals surface area (Å²) in [4.78, 5) is 1.01. The van der Waals surface area contributed by atoms with Gasteiger partial charge in [0.1, 0.15) is 24.4 Å². The predicted molar refractivity (Wildman–Crippen MR) is 282 cm³/mol. The fourth-order valence-electron chi connectivity index (χ4n) is 10.5. The number of sulfonamides is 1. The normalized spacial score (nSPS) is 31.1. The molecule has 0 spiro atoms. The Bertz CT molecular complexity index is 2800. The van der Waals surface area contributed by atoms with E-state index in [9.17, 15) is 12.6 Å². The van der Waals surface area contributed by atoms with Crippen molar-refractivity contribution in [1.29, 1.82) is 0 Å². The van der Waals surface area contributed by atoms with E-state index in [0.29, 0.717) is 39.3 Å². The van der Waals surface area contributed by atoms with Crippen LogP contribution in [0.5, 0.6) is 0 Å². The van der Waals surface area contributed by atoms with E-state index in [-0.39, 0.29) is 59.4 Å². The maximum Gasteiger partial charge on any atom is 0.240 e. The standard InChI is InChI=1S/C33H39NO7S.C27H28O5S/c1-23-30-29(22-38-32(41-30)25-13-7-3-8-14-25)40-33(31(23)37-21-24-11-5-2-6-12-24)39-27-19-17-26(18-20-27)34-42(35,36)28-15-9-4-10-16-28;1-19-24-23(18-30-26(32-24)21-13-7-3-8-14-21)31-27(33(28)22-15-9-4-10-16-22)25(19)29-17-20-11-5-2-6-12-20/h2-16,23,26-27,29-34H,17-22H2,1H3;2-16,19,23-27H,17-18H2,1H3/t23-,26?,27?,29?,30-,31?,32?,33+;19-,23?,24-,25?,26?,27+,33?/m00/s1. The van der Waals surface area contributed by atoms with Crippen LogP contribution in [0.1, 0.15) is 74.4 Å². The van der Waals surface area contributed by atoms with Crippen LogP contribution in [0.4, 0.5) is 0 Å². The van der Waals surface area contributed by atoms with Gasteiger partial charge >= 0.3 is 0 Å². The molecule has 1 aliphatic carbocycles. The number of hydrogen-bond donors (Lipinski definition) is 1. The highest BCUT2D eigenvalue weighted by atomic mass is 32.2. The second kappa shape index (κ2) is 25.4. The first kappa shape index (κ1) is 53.4. The summed E-state index contributed by atoms with van der Waals surface area (Å²) < 4.78 is 99.3. The van der Waals surface area contributed by atoms with E-state index >= 15 is 0 Å². The summed E-state index contributed by atoms with van der Waals surface area (Å²) in [6, 6.07) is 57.7. The summed E-state index contributed by atoms with van der Waals surface area (Å²) in [5.74, 6) is -0.0539. The Labute approximate surface area is 443 Å². The third kappa shape index (κ3) is 13.4. The summed E-state index contributed by atoms with van der Waals surface area (Å²) in [5.41, 5.74) is 3.47. The summed E-state index contributed by atoms with van der Waals surface area (Å²) in [7, 11) is -4.95. The fourth-order valence-corrected chi connectivity index (χ4v) is 13.4. The molecule has 4 heterocycles. The van der Waals surface area contributed by atoms with Gasteiger partial charge < -0.3 is 42.6 Å². The summed E-state index contributed by atoms with van der Waals surface area (Å²) in [6.07, 6.45) is -0.544. The first-order valence-corrected chi connectivity index (χ1v) is 28.8. The minimum atomic E-state index is -3.56. The van der Waals surface area contributed by atoms with Crippen molar-refractivity contribution in [2.75, 3.05) is 13.2 Å². The Kier molecular flexibility index (Phi) is 18.1. The number of benzene rings is 6. The topological polar surface area (TPSA) is 146 Å². The summed E-state index contributed by atoms with van der Waals surface area (Å²) >= 11 is 0. The van der Waals surface area contributed by atoms with E-state index in [1.807, 2.05) is 158 Å². The second-order valence-electron chi connectivity index (χ2n) is 19.8. The number of fused-ring (bicyclic) bond motifs is 2. The molecule has 4 saturated heterocycles. The number of rotatable bonds is 15. The Morgan fingerprint density at radius 1 is 0.533 bits per heavy atom. The van der Waals surface area contributed by atoms with Crippen LogP contribution >= 0.6 is 0 Å². The van der Waals surface area contributed by atoms with Gasteiger partial charge in [0.05, 0.1) is 60.4 Å². The summed E-state index contributed by atoms with van der Waals surface area (Å²) in [6.45, 7) is 5.85. The molecule has 396 valence electrons. The monoisotopic (exact) mass is 1060 g/mol. The average molecular weight is 1060 g/mol. The van der Waals surface area contributed by atoms with Crippen molar-refractivity contribution in [3.8, 4) is 0 Å². The molecule has 7 unspecified atom stereocenters. The van der Waals surface area contributed by atoms with Gasteiger partial charge in [-0.15, -0.1) is 0 Å². The predicted octanol–water partition coefficient (Wildman–Crippen LogP) is 10.2. The highest BCUT2D eigenvalue weighted by Crippen LogP contribution is 2.42. The van der Waals surface area contributed by atoms with Gasteiger partial charge in [-0.2, -0.15) is 0 Å². The van der Waals surface area contributed by atoms with E-state index in [2.05, 4.69) is 18.6 Å². The molecule has 13 atom stereocenters. The lowest BCUT2D eigenvalue weighted by atomic mass is 9.89. The molecule has 5 aliphatic rings. The second-order valence-corrected chi connectivity index (χ2v) is 23.1. The van der Waals surface area contributed by atoms with Crippen molar-refractivity contribution in [2.45, 2.75) is 136 Å². The van der Waals surface area contributed by atoms with Crippen LogP contribution in [0.15, 0.2) is 192 Å². The van der Waals surface area contributed by atoms with Crippen molar-refractivity contribution >= 4 is 20.8 Å². The van der Waals surface area contributed by atoms with Gasteiger partial charge in [0.25, 0.3) is 0 Å². The molecule has 15 heteroatoms. The molecule has 6 aromatic rings. The van der Waals surface area contributed by atoms with Gasteiger partial charge in [-0.3, -0.25) is 4.21 Å². The molecule has 5 fully saturated rings. The average Bonchev–Trinajstić information content (AvgIpc) is 3.47. The molecular formula is C60H67NO12S2. The lowest BCUT2D eigenvalue weighted by Gasteiger charge is -2.49. The minimum absolute atomic E-state index is 0.0124. The fraction of sp³-hybridized carbons (Fsp3) is 0.400. The quantitative estimate of drug-likeness (QED) is 0.104. The number of nitrogens with one attached hydrogen (secondary N) is 1. The number of ether oxygens (including phenoxy) is 9.